The molecule has 2 fully saturated rings. The normalized spacial score (nSPS) is 52.1. The lowest BCUT2D eigenvalue weighted by atomic mass is 9.48. The first-order valence-electron chi connectivity index (χ1n) is 8.94. The molecule has 0 heterocycles. The van der Waals surface area contributed by atoms with E-state index in [1.165, 1.54) is 30.4 Å². The highest BCUT2D eigenvalue weighted by molar-refractivity contribution is 6.01. The molecule has 0 amide bonds. The summed E-state index contributed by atoms with van der Waals surface area (Å²) < 4.78 is 31.4. The molecule has 2 saturated carbocycles. The molecule has 0 radical (unpaired) electrons. The summed E-state index contributed by atoms with van der Waals surface area (Å²) in [6.45, 7) is 3.21. The summed E-state index contributed by atoms with van der Waals surface area (Å²) in [5.41, 5.74) is -6.25. The quantitative estimate of drug-likeness (QED) is 0.702. The van der Waals surface area contributed by atoms with Gasteiger partial charge in [-0.3, -0.25) is 4.79 Å². The van der Waals surface area contributed by atoms with Crippen LogP contribution in [-0.2, 0) is 9.59 Å². The summed E-state index contributed by atoms with van der Waals surface area (Å²) in [6, 6.07) is 0. The van der Waals surface area contributed by atoms with Gasteiger partial charge in [-0.25, -0.2) is 13.6 Å². The molecule has 0 aromatic heterocycles. The van der Waals surface area contributed by atoms with Crippen molar-refractivity contribution in [3.05, 3.63) is 36.0 Å². The molecule has 0 aliphatic heterocycles. The number of hydrogen-bond donors (Lipinski definition) is 2. The van der Waals surface area contributed by atoms with Gasteiger partial charge in [0.1, 0.15) is 11.8 Å². The number of allylic oxidation sites excluding steroid dienone is 5. The van der Waals surface area contributed by atoms with Gasteiger partial charge in [-0.2, -0.15) is 0 Å². The van der Waals surface area contributed by atoms with E-state index < -0.39 is 46.1 Å². The predicted molar refractivity (Wildman–Crippen MR) is 89.7 cm³/mol. The molecule has 6 heteroatoms. The molecule has 4 rings (SSSR count). The van der Waals surface area contributed by atoms with Crippen molar-refractivity contribution in [1.82, 2.24) is 0 Å². The van der Waals surface area contributed by atoms with Crippen LogP contribution in [0.15, 0.2) is 36.0 Å². The Morgan fingerprint density at radius 3 is 2.58 bits per heavy atom. The van der Waals surface area contributed by atoms with Crippen LogP contribution in [0.3, 0.4) is 0 Å². The van der Waals surface area contributed by atoms with Crippen LogP contribution in [0.2, 0.25) is 0 Å². The number of hydrogen-bond acceptors (Lipinski definition) is 3. The molecule has 0 aromatic carbocycles. The highest BCUT2D eigenvalue weighted by Crippen LogP contribution is 2.67. The standard InChI is InChI=1S/C20H22F2O4/c1-17-5-3-11(23)9-14(17)15(21)10-13-12-4-6-20(26,16(24)25)18(12,2)7-8-19(13,17)22/h3,5,7-9,12-13,15,26H,4,6,10H2,1-2H3,(H,24,25)/t12-,13-,15-,17-,18-,19+,20-/m0/s1. The maximum Gasteiger partial charge on any atom is 0.336 e. The van der Waals surface area contributed by atoms with Crippen LogP contribution >= 0.6 is 0 Å². The van der Waals surface area contributed by atoms with Crippen LogP contribution in [0.25, 0.3) is 0 Å². The highest BCUT2D eigenvalue weighted by Gasteiger charge is 2.70. The Hall–Kier alpha value is -1.82. The van der Waals surface area contributed by atoms with Crippen LogP contribution in [-0.4, -0.2) is 39.4 Å². The number of halogens is 2. The molecule has 0 aromatic rings. The summed E-state index contributed by atoms with van der Waals surface area (Å²) in [5, 5.41) is 20.3. The van der Waals surface area contributed by atoms with Crippen LogP contribution in [0.1, 0.15) is 33.1 Å². The van der Waals surface area contributed by atoms with Crippen LogP contribution < -0.4 is 0 Å². The Kier molecular flexibility index (Phi) is 3.32. The van der Waals surface area contributed by atoms with E-state index in [0.717, 1.165) is 0 Å². The number of carboxylic acid groups (broad SMARTS) is 1. The van der Waals surface area contributed by atoms with E-state index >= 15 is 4.39 Å². The third kappa shape index (κ3) is 1.76. The van der Waals surface area contributed by atoms with Gasteiger partial charge in [0.25, 0.3) is 0 Å². The Balaban J connectivity index is 1.88. The smallest absolute Gasteiger partial charge is 0.336 e. The third-order valence-corrected chi connectivity index (χ3v) is 7.60. The Bertz CT molecular complexity index is 802. The van der Waals surface area contributed by atoms with Crippen LogP contribution in [0, 0.1) is 22.7 Å². The summed E-state index contributed by atoms with van der Waals surface area (Å²) in [4.78, 5) is 23.4. The number of carbonyl (C=O) groups excluding carboxylic acids is 1. The summed E-state index contributed by atoms with van der Waals surface area (Å²) in [7, 11) is 0. The van der Waals surface area contributed by atoms with Crippen LogP contribution in [0.4, 0.5) is 8.78 Å². The average molecular weight is 364 g/mol. The van der Waals surface area contributed by atoms with E-state index in [2.05, 4.69) is 0 Å². The van der Waals surface area contributed by atoms with Crippen molar-refractivity contribution in [2.45, 2.75) is 50.6 Å². The lowest BCUT2D eigenvalue weighted by Crippen LogP contribution is -2.62. The monoisotopic (exact) mass is 364 g/mol. The Labute approximate surface area is 150 Å². The van der Waals surface area contributed by atoms with Gasteiger partial charge in [-0.1, -0.05) is 19.1 Å². The first-order valence-corrected chi connectivity index (χ1v) is 8.94. The molecule has 140 valence electrons. The SMILES string of the molecule is C[C@]12C=CC(=O)C=C1[C@@H](F)C[C@H]1[C@@H]3CC[C@](O)(C(=O)O)[C@@]3(C)C=C[C@@]12F. The molecule has 26 heavy (non-hydrogen) atoms. The van der Waals surface area contributed by atoms with E-state index in [4.69, 9.17) is 0 Å². The maximum atomic E-state index is 16.4. The van der Waals surface area contributed by atoms with Crippen molar-refractivity contribution in [3.63, 3.8) is 0 Å². The fourth-order valence-electron chi connectivity index (χ4n) is 5.87. The molecule has 4 aliphatic rings. The first kappa shape index (κ1) is 17.6. The molecule has 4 nitrogen and oxygen atoms in total. The zero-order valence-electron chi connectivity index (χ0n) is 14.7. The van der Waals surface area contributed by atoms with E-state index in [1.807, 2.05) is 0 Å². The van der Waals surface area contributed by atoms with Crippen molar-refractivity contribution >= 4 is 11.8 Å². The summed E-state index contributed by atoms with van der Waals surface area (Å²) in [6.07, 6.45) is 5.39. The number of ketones is 1. The van der Waals surface area contributed by atoms with Crippen LogP contribution in [0.5, 0.6) is 0 Å². The van der Waals surface area contributed by atoms with Gasteiger partial charge in [0.15, 0.2) is 11.4 Å². The molecule has 2 N–H and O–H groups in total. The second kappa shape index (κ2) is 4.91. The van der Waals surface area contributed by atoms with Gasteiger partial charge in [0, 0.05) is 16.7 Å². The largest absolute Gasteiger partial charge is 0.479 e. The van der Waals surface area contributed by atoms with E-state index in [-0.39, 0.29) is 24.2 Å². The molecule has 0 bridgehead atoms. The fraction of sp³-hybridized carbons (Fsp3) is 0.600. The highest BCUT2D eigenvalue weighted by atomic mass is 19.1. The molecular weight excluding hydrogens is 342 g/mol. The van der Waals surface area contributed by atoms with Crippen molar-refractivity contribution in [2.75, 3.05) is 0 Å². The van der Waals surface area contributed by atoms with Gasteiger partial charge < -0.3 is 10.2 Å². The molecule has 4 aliphatic carbocycles. The van der Waals surface area contributed by atoms with Gasteiger partial charge in [-0.15, -0.1) is 0 Å². The third-order valence-electron chi connectivity index (χ3n) is 7.60. The lowest BCUT2D eigenvalue weighted by molar-refractivity contribution is -0.172. The van der Waals surface area contributed by atoms with E-state index in [1.54, 1.807) is 13.8 Å². The predicted octanol–water partition coefficient (Wildman–Crippen LogP) is 2.93. The minimum absolute atomic E-state index is 0.00507. The van der Waals surface area contributed by atoms with Crippen molar-refractivity contribution in [2.24, 2.45) is 22.7 Å². The molecular formula is C20H22F2O4. The number of alkyl halides is 2. The fourth-order valence-corrected chi connectivity index (χ4v) is 5.87. The number of fused-ring (bicyclic) bond motifs is 5. The zero-order chi connectivity index (χ0) is 19.1. The number of rotatable bonds is 1. The minimum Gasteiger partial charge on any atom is -0.479 e. The number of aliphatic carboxylic acids is 1. The molecule has 0 spiro atoms. The van der Waals surface area contributed by atoms with Crippen molar-refractivity contribution in [1.29, 1.82) is 0 Å². The van der Waals surface area contributed by atoms with Crippen molar-refractivity contribution in [3.8, 4) is 0 Å². The number of carbonyl (C=O) groups is 2. The molecule has 0 saturated heterocycles. The van der Waals surface area contributed by atoms with Gasteiger partial charge >= 0.3 is 5.97 Å². The lowest BCUT2D eigenvalue weighted by Gasteiger charge is -2.58. The second-order valence-electron chi connectivity index (χ2n) is 8.54. The van der Waals surface area contributed by atoms with Gasteiger partial charge in [0.2, 0.25) is 0 Å². The summed E-state index contributed by atoms with van der Waals surface area (Å²) in [5.74, 6) is -2.96. The zero-order valence-corrected chi connectivity index (χ0v) is 14.7. The van der Waals surface area contributed by atoms with E-state index in [0.29, 0.717) is 6.42 Å². The summed E-state index contributed by atoms with van der Waals surface area (Å²) >= 11 is 0. The maximum absolute atomic E-state index is 16.4. The van der Waals surface area contributed by atoms with Crippen molar-refractivity contribution < 1.29 is 28.6 Å². The number of carboxylic acids is 1. The molecule has 7 atom stereocenters. The number of aliphatic hydroxyl groups is 1. The topological polar surface area (TPSA) is 74.6 Å². The Morgan fingerprint density at radius 1 is 1.23 bits per heavy atom. The van der Waals surface area contributed by atoms with E-state index in [9.17, 15) is 24.2 Å². The minimum atomic E-state index is -1.99. The Morgan fingerprint density at radius 2 is 1.92 bits per heavy atom. The van der Waals surface area contributed by atoms with Gasteiger partial charge in [0.05, 0.1) is 0 Å². The second-order valence-corrected chi connectivity index (χ2v) is 8.54. The molecule has 0 unspecified atom stereocenters. The van der Waals surface area contributed by atoms with Gasteiger partial charge in [-0.05, 0) is 55.9 Å². The first-order chi connectivity index (χ1) is 12.0. The average Bonchev–Trinajstić information content (AvgIpc) is 2.85.